The van der Waals surface area contributed by atoms with E-state index in [-0.39, 0.29) is 23.5 Å². The summed E-state index contributed by atoms with van der Waals surface area (Å²) in [7, 11) is 0. The number of piperidine rings is 1. The maximum absolute atomic E-state index is 12.3. The second-order valence-electron chi connectivity index (χ2n) is 7.80. The molecule has 0 spiro atoms. The summed E-state index contributed by atoms with van der Waals surface area (Å²) in [5, 5.41) is 12.1. The van der Waals surface area contributed by atoms with Crippen LogP contribution in [0, 0.1) is 5.41 Å². The lowest BCUT2D eigenvalue weighted by Gasteiger charge is -2.33. The Morgan fingerprint density at radius 1 is 1.21 bits per heavy atom. The van der Waals surface area contributed by atoms with Gasteiger partial charge in [0.1, 0.15) is 23.7 Å². The standard InChI is InChI=1S/C24H24BrN7O2/c1-15(25)24(33)32-11-5-6-17(13-32)31-23-20(22(27)29-14-30-23)21(26)16-9-10-19(28-12-16)34-18-7-3-2-4-8-18/h2-4,7-10,12,14,17,26H,1,5-6,11,13H2,(H3,27,29,30,31). The molecule has 174 valence electrons. The van der Waals surface area contributed by atoms with Gasteiger partial charge in [-0.1, -0.05) is 24.8 Å². The van der Waals surface area contributed by atoms with E-state index in [1.54, 1.807) is 23.2 Å². The van der Waals surface area contributed by atoms with Crippen LogP contribution >= 0.6 is 15.9 Å². The number of benzene rings is 1. The van der Waals surface area contributed by atoms with E-state index in [4.69, 9.17) is 15.9 Å². The molecule has 1 unspecified atom stereocenters. The van der Waals surface area contributed by atoms with Gasteiger partial charge in [0.15, 0.2) is 0 Å². The number of amides is 1. The number of para-hydroxylation sites is 1. The highest BCUT2D eigenvalue weighted by Crippen LogP contribution is 2.26. The number of rotatable bonds is 7. The maximum atomic E-state index is 12.3. The zero-order chi connectivity index (χ0) is 24.1. The summed E-state index contributed by atoms with van der Waals surface area (Å²) in [5.74, 6) is 1.58. The fourth-order valence-electron chi connectivity index (χ4n) is 3.74. The molecule has 0 bridgehead atoms. The SMILES string of the molecule is C=C(Br)C(=O)N1CCCC(Nc2ncnc(N)c2C(=N)c2ccc(Oc3ccccc3)nc2)C1. The molecule has 0 aliphatic carbocycles. The predicted octanol–water partition coefficient (Wildman–Crippen LogP) is 3.97. The summed E-state index contributed by atoms with van der Waals surface area (Å²) in [6.45, 7) is 4.84. The number of hydrogen-bond donors (Lipinski definition) is 3. The molecule has 1 aliphatic heterocycles. The number of pyridine rings is 1. The third kappa shape index (κ3) is 5.40. The molecule has 1 aliphatic rings. The number of ether oxygens (including phenoxy) is 1. The molecule has 34 heavy (non-hydrogen) atoms. The van der Waals surface area contributed by atoms with Gasteiger partial charge in [-0.2, -0.15) is 0 Å². The van der Waals surface area contributed by atoms with Gasteiger partial charge in [0.25, 0.3) is 5.91 Å². The Hall–Kier alpha value is -3.79. The summed E-state index contributed by atoms with van der Waals surface area (Å²) in [5.41, 5.74) is 7.22. The van der Waals surface area contributed by atoms with E-state index < -0.39 is 0 Å². The van der Waals surface area contributed by atoms with Crippen LogP contribution in [0.5, 0.6) is 11.6 Å². The molecular formula is C24H24BrN7O2. The number of carbonyl (C=O) groups is 1. The van der Waals surface area contributed by atoms with Crippen LogP contribution in [0.1, 0.15) is 24.0 Å². The molecule has 4 N–H and O–H groups in total. The van der Waals surface area contributed by atoms with E-state index >= 15 is 0 Å². The summed E-state index contributed by atoms with van der Waals surface area (Å²) < 4.78 is 6.06. The number of nitrogens with one attached hydrogen (secondary N) is 2. The molecule has 3 aromatic rings. The lowest BCUT2D eigenvalue weighted by atomic mass is 10.0. The van der Waals surface area contributed by atoms with Gasteiger partial charge in [-0.05, 0) is 47.0 Å². The first-order valence-electron chi connectivity index (χ1n) is 10.7. The van der Waals surface area contributed by atoms with Gasteiger partial charge in [-0.3, -0.25) is 10.2 Å². The van der Waals surface area contributed by atoms with Crippen molar-refractivity contribution in [3.8, 4) is 11.6 Å². The molecule has 3 heterocycles. The third-order valence-electron chi connectivity index (χ3n) is 5.40. The summed E-state index contributed by atoms with van der Waals surface area (Å²) in [6.07, 6.45) is 4.60. The molecule has 0 radical (unpaired) electrons. The van der Waals surface area contributed by atoms with Crippen LogP contribution in [0.25, 0.3) is 0 Å². The maximum Gasteiger partial charge on any atom is 0.260 e. The Bertz CT molecular complexity index is 1200. The molecule has 10 heteroatoms. The molecule has 0 saturated carbocycles. The minimum absolute atomic E-state index is 0.0508. The summed E-state index contributed by atoms with van der Waals surface area (Å²) in [6, 6.07) is 12.7. The van der Waals surface area contributed by atoms with Crippen LogP contribution in [-0.4, -0.2) is 50.6 Å². The van der Waals surface area contributed by atoms with E-state index in [1.807, 2.05) is 30.3 Å². The van der Waals surface area contributed by atoms with Crippen molar-refractivity contribution in [3.63, 3.8) is 0 Å². The second-order valence-corrected chi connectivity index (χ2v) is 8.75. The Kier molecular flexibility index (Phi) is 7.17. The van der Waals surface area contributed by atoms with Gasteiger partial charge in [0.05, 0.1) is 15.8 Å². The van der Waals surface area contributed by atoms with Crippen molar-refractivity contribution in [2.24, 2.45) is 0 Å². The van der Waals surface area contributed by atoms with Crippen molar-refractivity contribution < 1.29 is 9.53 Å². The van der Waals surface area contributed by atoms with Gasteiger partial charge < -0.3 is 20.7 Å². The summed E-state index contributed by atoms with van der Waals surface area (Å²) in [4.78, 5) is 26.8. The molecular weight excluding hydrogens is 498 g/mol. The van der Waals surface area contributed by atoms with Crippen molar-refractivity contribution >= 4 is 39.2 Å². The predicted molar refractivity (Wildman–Crippen MR) is 134 cm³/mol. The number of nitrogens with zero attached hydrogens (tertiary/aromatic N) is 4. The number of nitrogens with two attached hydrogens (primary N) is 1. The highest BCUT2D eigenvalue weighted by atomic mass is 79.9. The lowest BCUT2D eigenvalue weighted by Crippen LogP contribution is -2.45. The number of hydrogen-bond acceptors (Lipinski definition) is 8. The number of likely N-dealkylation sites (tertiary alicyclic amines) is 1. The van der Waals surface area contributed by atoms with Gasteiger partial charge in [0, 0.05) is 37.0 Å². The third-order valence-corrected chi connectivity index (χ3v) is 5.74. The van der Waals surface area contributed by atoms with Crippen LogP contribution in [0.15, 0.2) is 66.1 Å². The fourth-order valence-corrected chi connectivity index (χ4v) is 3.99. The fraction of sp³-hybridized carbons (Fsp3) is 0.208. The average molecular weight is 522 g/mol. The smallest absolute Gasteiger partial charge is 0.260 e. The number of aromatic nitrogens is 3. The monoisotopic (exact) mass is 521 g/mol. The van der Waals surface area contributed by atoms with Gasteiger partial charge in [0.2, 0.25) is 5.88 Å². The molecule has 1 atom stereocenters. The minimum atomic E-state index is -0.134. The van der Waals surface area contributed by atoms with E-state index in [9.17, 15) is 4.79 Å². The largest absolute Gasteiger partial charge is 0.439 e. The van der Waals surface area contributed by atoms with Crippen LogP contribution in [0.2, 0.25) is 0 Å². The highest BCUT2D eigenvalue weighted by molar-refractivity contribution is 9.12. The Labute approximate surface area is 205 Å². The van der Waals surface area contributed by atoms with Crippen molar-refractivity contribution in [1.29, 1.82) is 5.41 Å². The first kappa shape index (κ1) is 23.4. The van der Waals surface area contributed by atoms with Crippen molar-refractivity contribution in [3.05, 3.63) is 77.2 Å². The highest BCUT2D eigenvalue weighted by Gasteiger charge is 2.26. The molecule has 1 aromatic carbocycles. The second kappa shape index (κ2) is 10.4. The lowest BCUT2D eigenvalue weighted by molar-refractivity contribution is -0.127. The Balaban J connectivity index is 1.51. The van der Waals surface area contributed by atoms with Crippen molar-refractivity contribution in [1.82, 2.24) is 19.9 Å². The molecule has 1 amide bonds. The molecule has 2 aromatic heterocycles. The minimum Gasteiger partial charge on any atom is -0.439 e. The van der Waals surface area contributed by atoms with E-state index in [0.717, 1.165) is 12.8 Å². The number of anilines is 2. The first-order valence-corrected chi connectivity index (χ1v) is 11.5. The van der Waals surface area contributed by atoms with E-state index in [0.29, 0.717) is 46.1 Å². The van der Waals surface area contributed by atoms with E-state index in [1.165, 1.54) is 6.33 Å². The van der Waals surface area contributed by atoms with Gasteiger partial charge in [-0.25, -0.2) is 15.0 Å². The molecule has 4 rings (SSSR count). The van der Waals surface area contributed by atoms with Crippen LogP contribution in [0.4, 0.5) is 11.6 Å². The first-order chi connectivity index (χ1) is 16.4. The zero-order valence-electron chi connectivity index (χ0n) is 18.4. The molecule has 9 nitrogen and oxygen atoms in total. The Morgan fingerprint density at radius 3 is 2.71 bits per heavy atom. The molecule has 1 fully saturated rings. The number of carbonyl (C=O) groups excluding carboxylic acids is 1. The van der Waals surface area contributed by atoms with E-state index in [2.05, 4.69) is 42.8 Å². The van der Waals surface area contributed by atoms with Gasteiger partial charge in [-0.15, -0.1) is 0 Å². The summed E-state index contributed by atoms with van der Waals surface area (Å²) >= 11 is 3.17. The average Bonchev–Trinajstić information content (AvgIpc) is 2.84. The number of halogens is 1. The Morgan fingerprint density at radius 2 is 2.00 bits per heavy atom. The quantitative estimate of drug-likeness (QED) is 0.316. The zero-order valence-corrected chi connectivity index (χ0v) is 20.0. The van der Waals surface area contributed by atoms with Gasteiger partial charge >= 0.3 is 0 Å². The van der Waals surface area contributed by atoms with Crippen LogP contribution in [-0.2, 0) is 4.79 Å². The topological polar surface area (TPSA) is 130 Å². The van der Waals surface area contributed by atoms with Crippen molar-refractivity contribution in [2.75, 3.05) is 24.1 Å². The van der Waals surface area contributed by atoms with Crippen molar-refractivity contribution in [2.45, 2.75) is 18.9 Å². The number of nitrogen functional groups attached to an aromatic ring is 1. The normalized spacial score (nSPS) is 15.4. The van der Waals surface area contributed by atoms with Crippen LogP contribution < -0.4 is 15.8 Å². The molecule has 1 saturated heterocycles. The van der Waals surface area contributed by atoms with Crippen LogP contribution in [0.3, 0.4) is 0 Å².